The fraction of sp³-hybridized carbons (Fsp3) is 0.667. The summed E-state index contributed by atoms with van der Waals surface area (Å²) in [6.07, 6.45) is 0. The number of carbonyl (C=O) groups is 1. The summed E-state index contributed by atoms with van der Waals surface area (Å²) in [6, 6.07) is -0.792. The summed E-state index contributed by atoms with van der Waals surface area (Å²) >= 11 is 0. The molecule has 0 unspecified atom stereocenters. The smallest absolute Gasteiger partial charge is 0.236 e. The van der Waals surface area contributed by atoms with Crippen LogP contribution in [0.2, 0.25) is 0 Å². The quantitative estimate of drug-likeness (QED) is 0.363. The van der Waals surface area contributed by atoms with Crippen molar-refractivity contribution in [2.24, 2.45) is 17.4 Å². The standard InChI is InChI=1S/C3H9N3O2/c4-2(1-8-6)3(5)7/h2H,1,4,6H2,(H2,5,7)/t2-/m0/s1. The first-order chi connectivity index (χ1) is 3.68. The van der Waals surface area contributed by atoms with E-state index in [1.165, 1.54) is 0 Å². The van der Waals surface area contributed by atoms with Gasteiger partial charge in [0.1, 0.15) is 6.04 Å². The molecule has 5 nitrogen and oxygen atoms in total. The van der Waals surface area contributed by atoms with Crippen molar-refractivity contribution in [2.75, 3.05) is 6.61 Å². The first kappa shape index (κ1) is 7.35. The van der Waals surface area contributed by atoms with Gasteiger partial charge in [-0.15, -0.1) is 0 Å². The Labute approximate surface area is 46.7 Å². The van der Waals surface area contributed by atoms with Gasteiger partial charge in [0.2, 0.25) is 5.91 Å². The van der Waals surface area contributed by atoms with E-state index in [1.807, 2.05) is 0 Å². The zero-order chi connectivity index (χ0) is 6.57. The second-order valence-electron chi connectivity index (χ2n) is 1.34. The third kappa shape index (κ3) is 2.51. The van der Waals surface area contributed by atoms with Crippen LogP contribution in [0, 0.1) is 0 Å². The maximum Gasteiger partial charge on any atom is 0.236 e. The molecular formula is C3H9N3O2. The van der Waals surface area contributed by atoms with Gasteiger partial charge in [-0.2, -0.15) is 0 Å². The van der Waals surface area contributed by atoms with Crippen LogP contribution < -0.4 is 17.4 Å². The molecule has 5 heteroatoms. The van der Waals surface area contributed by atoms with E-state index in [9.17, 15) is 4.79 Å². The van der Waals surface area contributed by atoms with E-state index in [0.717, 1.165) is 0 Å². The molecule has 0 aromatic rings. The minimum Gasteiger partial charge on any atom is -0.368 e. The molecule has 0 saturated heterocycles. The first-order valence-corrected chi connectivity index (χ1v) is 2.05. The highest BCUT2D eigenvalue weighted by atomic mass is 16.6. The van der Waals surface area contributed by atoms with E-state index in [4.69, 9.17) is 11.5 Å². The molecule has 0 heterocycles. The average Bonchev–Trinajstić information content (AvgIpc) is 1.67. The number of hydrogen-bond donors (Lipinski definition) is 3. The van der Waals surface area contributed by atoms with E-state index >= 15 is 0 Å². The Morgan fingerprint density at radius 3 is 2.38 bits per heavy atom. The normalized spacial score (nSPS) is 13.2. The Bertz CT molecular complexity index is 84.6. The lowest BCUT2D eigenvalue weighted by atomic mass is 10.3. The van der Waals surface area contributed by atoms with Gasteiger partial charge in [0.15, 0.2) is 0 Å². The van der Waals surface area contributed by atoms with Gasteiger partial charge in [0.25, 0.3) is 0 Å². The molecule has 1 amide bonds. The summed E-state index contributed by atoms with van der Waals surface area (Å²) in [5, 5.41) is 0. The lowest BCUT2D eigenvalue weighted by Gasteiger charge is -2.02. The van der Waals surface area contributed by atoms with Gasteiger partial charge in [-0.1, -0.05) is 0 Å². The molecule has 48 valence electrons. The number of primary amides is 1. The number of rotatable bonds is 3. The topological polar surface area (TPSA) is 104 Å². The molecule has 8 heavy (non-hydrogen) atoms. The predicted octanol–water partition coefficient (Wildman–Crippen LogP) is -2.31. The maximum atomic E-state index is 10.1. The summed E-state index contributed by atoms with van der Waals surface area (Å²) < 4.78 is 0. The minimum atomic E-state index is -0.792. The molecule has 0 aliphatic carbocycles. The van der Waals surface area contributed by atoms with Crippen molar-refractivity contribution < 1.29 is 9.63 Å². The van der Waals surface area contributed by atoms with Crippen molar-refractivity contribution in [3.05, 3.63) is 0 Å². The van der Waals surface area contributed by atoms with Gasteiger partial charge in [-0.05, 0) is 0 Å². The molecule has 0 radical (unpaired) electrons. The molecule has 0 spiro atoms. The van der Waals surface area contributed by atoms with Gasteiger partial charge < -0.3 is 16.3 Å². The molecule has 0 rings (SSSR count). The molecule has 0 aromatic heterocycles. The van der Waals surface area contributed by atoms with Crippen LogP contribution in [0.1, 0.15) is 0 Å². The summed E-state index contributed by atoms with van der Waals surface area (Å²) in [4.78, 5) is 14.1. The Morgan fingerprint density at radius 1 is 1.75 bits per heavy atom. The van der Waals surface area contributed by atoms with Gasteiger partial charge >= 0.3 is 0 Å². The molecule has 0 fully saturated rings. The van der Waals surface area contributed by atoms with E-state index in [1.54, 1.807) is 0 Å². The molecule has 0 aliphatic heterocycles. The third-order valence-corrected chi connectivity index (χ3v) is 0.641. The van der Waals surface area contributed by atoms with Gasteiger partial charge in [-0.3, -0.25) is 4.79 Å². The molecular weight excluding hydrogens is 110 g/mol. The van der Waals surface area contributed by atoms with Crippen molar-refractivity contribution in [3.8, 4) is 0 Å². The molecule has 0 aromatic carbocycles. The van der Waals surface area contributed by atoms with Crippen molar-refractivity contribution in [2.45, 2.75) is 6.04 Å². The fourth-order valence-corrected chi connectivity index (χ4v) is 0.186. The zero-order valence-corrected chi connectivity index (χ0v) is 4.33. The van der Waals surface area contributed by atoms with Crippen LogP contribution >= 0.6 is 0 Å². The highest BCUT2D eigenvalue weighted by molar-refractivity contribution is 5.79. The van der Waals surface area contributed by atoms with E-state index in [-0.39, 0.29) is 6.61 Å². The van der Waals surface area contributed by atoms with E-state index in [2.05, 4.69) is 10.7 Å². The minimum absolute atomic E-state index is 0.0324. The van der Waals surface area contributed by atoms with Crippen LogP contribution in [0.4, 0.5) is 0 Å². The monoisotopic (exact) mass is 119 g/mol. The van der Waals surface area contributed by atoms with Gasteiger partial charge in [-0.25, -0.2) is 5.90 Å². The highest BCUT2D eigenvalue weighted by Crippen LogP contribution is 1.72. The largest absolute Gasteiger partial charge is 0.368 e. The average molecular weight is 119 g/mol. The molecule has 1 atom stereocenters. The second kappa shape index (κ2) is 3.36. The number of hydrogen-bond acceptors (Lipinski definition) is 4. The maximum absolute atomic E-state index is 10.1. The zero-order valence-electron chi connectivity index (χ0n) is 4.33. The van der Waals surface area contributed by atoms with Crippen LogP contribution in [-0.4, -0.2) is 18.6 Å². The predicted molar refractivity (Wildman–Crippen MR) is 27.3 cm³/mol. The molecule has 0 bridgehead atoms. The molecule has 0 aliphatic rings. The third-order valence-electron chi connectivity index (χ3n) is 0.641. The van der Waals surface area contributed by atoms with Crippen LogP contribution in [-0.2, 0) is 9.63 Å². The van der Waals surface area contributed by atoms with Gasteiger partial charge in [0.05, 0.1) is 6.61 Å². The summed E-state index contributed by atoms with van der Waals surface area (Å²) in [7, 11) is 0. The number of nitrogens with two attached hydrogens (primary N) is 3. The van der Waals surface area contributed by atoms with Crippen molar-refractivity contribution in [1.29, 1.82) is 0 Å². The lowest BCUT2D eigenvalue weighted by Crippen LogP contribution is -2.40. The number of carbonyl (C=O) groups excluding carboxylic acids is 1. The lowest BCUT2D eigenvalue weighted by molar-refractivity contribution is -0.120. The highest BCUT2D eigenvalue weighted by Gasteiger charge is 2.06. The van der Waals surface area contributed by atoms with Crippen molar-refractivity contribution >= 4 is 5.91 Å². The first-order valence-electron chi connectivity index (χ1n) is 2.05. The van der Waals surface area contributed by atoms with Crippen molar-refractivity contribution in [1.82, 2.24) is 0 Å². The number of amides is 1. The molecule has 0 saturated carbocycles. The Balaban J connectivity index is 3.32. The second-order valence-corrected chi connectivity index (χ2v) is 1.34. The van der Waals surface area contributed by atoms with E-state index in [0.29, 0.717) is 0 Å². The van der Waals surface area contributed by atoms with Gasteiger partial charge in [0, 0.05) is 0 Å². The van der Waals surface area contributed by atoms with Crippen LogP contribution in [0.25, 0.3) is 0 Å². The Kier molecular flexibility index (Phi) is 3.09. The SMILES string of the molecule is NOC[C@H](N)C(N)=O. The van der Waals surface area contributed by atoms with E-state index < -0.39 is 11.9 Å². The summed E-state index contributed by atoms with van der Waals surface area (Å²) in [5.74, 6) is 3.96. The molecule has 6 N–H and O–H groups in total. The summed E-state index contributed by atoms with van der Waals surface area (Å²) in [5.41, 5.74) is 9.77. The van der Waals surface area contributed by atoms with Crippen molar-refractivity contribution in [3.63, 3.8) is 0 Å². The van der Waals surface area contributed by atoms with Crippen LogP contribution in [0.3, 0.4) is 0 Å². The van der Waals surface area contributed by atoms with Crippen LogP contribution in [0.15, 0.2) is 0 Å². The van der Waals surface area contributed by atoms with Crippen LogP contribution in [0.5, 0.6) is 0 Å². The fourth-order valence-electron chi connectivity index (χ4n) is 0.186. The summed E-state index contributed by atoms with van der Waals surface area (Å²) in [6.45, 7) is -0.0324. The Hall–Kier alpha value is -0.650. The Morgan fingerprint density at radius 2 is 2.25 bits per heavy atom.